The molecule has 0 radical (unpaired) electrons. The molecule has 0 atom stereocenters. The number of hydrogen-bond donors (Lipinski definition) is 4. The summed E-state index contributed by atoms with van der Waals surface area (Å²) in [6.45, 7) is 6.72. The molecule has 0 amide bonds. The maximum absolute atomic E-state index is 8.97. The fourth-order valence-electron chi connectivity index (χ4n) is 2.55. The smallest absolute Gasteiger partial charge is 0.153 e. The molecule has 134 valence electrons. The Bertz CT molecular complexity index is 989. The van der Waals surface area contributed by atoms with E-state index in [0.29, 0.717) is 18.2 Å². The van der Waals surface area contributed by atoms with Crippen molar-refractivity contribution in [3.8, 4) is 23.0 Å². The van der Waals surface area contributed by atoms with Gasteiger partial charge in [-0.25, -0.2) is 4.98 Å². The summed E-state index contributed by atoms with van der Waals surface area (Å²) in [6.07, 6.45) is 1.73. The zero-order chi connectivity index (χ0) is 18.7. The van der Waals surface area contributed by atoms with Crippen LogP contribution in [0.5, 0.6) is 0 Å². The second-order valence-electron chi connectivity index (χ2n) is 7.14. The first-order valence-electron chi connectivity index (χ1n) is 8.49. The Kier molecular flexibility index (Phi) is 4.83. The van der Waals surface area contributed by atoms with Crippen molar-refractivity contribution in [2.45, 2.75) is 20.8 Å². The molecule has 5 N–H and O–H groups in total. The zero-order valence-electron chi connectivity index (χ0n) is 15.2. The topological polar surface area (TPSA) is 99.8 Å². The normalized spacial score (nSPS) is 11.2. The molecular weight excluding hydrogens is 326 g/mol. The highest BCUT2D eigenvalue weighted by atomic mass is 16.3. The van der Waals surface area contributed by atoms with Crippen LogP contribution in [0, 0.1) is 17.3 Å². The maximum Gasteiger partial charge on any atom is 0.153 e. The molecule has 0 unspecified atom stereocenters. The van der Waals surface area contributed by atoms with Crippen molar-refractivity contribution in [2.24, 2.45) is 5.41 Å². The van der Waals surface area contributed by atoms with Crippen LogP contribution in [-0.4, -0.2) is 33.4 Å². The SMILES string of the molecule is CC(C)(C)C#Cc1cc(-c2ccnc(NCCO)c2)cc2c(N)n[nH]c12. The van der Waals surface area contributed by atoms with E-state index in [9.17, 15) is 0 Å². The number of rotatable bonds is 4. The molecule has 0 aliphatic rings. The summed E-state index contributed by atoms with van der Waals surface area (Å²) in [4.78, 5) is 4.27. The van der Waals surface area contributed by atoms with Crippen molar-refractivity contribution in [1.29, 1.82) is 0 Å². The van der Waals surface area contributed by atoms with E-state index < -0.39 is 0 Å². The Morgan fingerprint density at radius 2 is 2.04 bits per heavy atom. The van der Waals surface area contributed by atoms with E-state index in [1.807, 2.05) is 24.3 Å². The Labute approximate surface area is 152 Å². The third-order valence-electron chi connectivity index (χ3n) is 3.79. The Balaban J connectivity index is 2.12. The van der Waals surface area contributed by atoms with E-state index in [4.69, 9.17) is 10.8 Å². The molecule has 0 saturated heterocycles. The lowest BCUT2D eigenvalue weighted by Crippen LogP contribution is -2.06. The van der Waals surface area contributed by atoms with Gasteiger partial charge in [-0.15, -0.1) is 0 Å². The largest absolute Gasteiger partial charge is 0.395 e. The highest BCUT2D eigenvalue weighted by Crippen LogP contribution is 2.30. The fourth-order valence-corrected chi connectivity index (χ4v) is 2.55. The van der Waals surface area contributed by atoms with E-state index in [2.05, 4.69) is 53.1 Å². The van der Waals surface area contributed by atoms with E-state index in [1.54, 1.807) is 6.20 Å². The summed E-state index contributed by atoms with van der Waals surface area (Å²) < 4.78 is 0. The third-order valence-corrected chi connectivity index (χ3v) is 3.79. The monoisotopic (exact) mass is 349 g/mol. The first-order valence-corrected chi connectivity index (χ1v) is 8.49. The molecule has 1 aromatic carbocycles. The summed E-state index contributed by atoms with van der Waals surface area (Å²) in [7, 11) is 0. The number of anilines is 2. The molecule has 0 spiro atoms. The Morgan fingerprint density at radius 1 is 1.23 bits per heavy atom. The van der Waals surface area contributed by atoms with E-state index in [0.717, 1.165) is 27.6 Å². The molecule has 2 aromatic heterocycles. The number of aliphatic hydroxyl groups excluding tert-OH is 1. The molecule has 0 aliphatic heterocycles. The lowest BCUT2D eigenvalue weighted by atomic mass is 9.96. The minimum atomic E-state index is -0.105. The van der Waals surface area contributed by atoms with Gasteiger partial charge in [0.05, 0.1) is 17.7 Å². The number of nitrogens with two attached hydrogens (primary N) is 1. The quantitative estimate of drug-likeness (QED) is 0.543. The van der Waals surface area contributed by atoms with Gasteiger partial charge in [0.1, 0.15) is 5.82 Å². The lowest BCUT2D eigenvalue weighted by Gasteiger charge is -2.09. The number of fused-ring (bicyclic) bond motifs is 1. The number of aromatic amines is 1. The molecule has 0 bridgehead atoms. The van der Waals surface area contributed by atoms with Gasteiger partial charge in [0.2, 0.25) is 0 Å². The van der Waals surface area contributed by atoms with Crippen LogP contribution in [0.15, 0.2) is 30.5 Å². The number of nitrogen functional groups attached to an aromatic ring is 1. The van der Waals surface area contributed by atoms with Crippen LogP contribution in [0.25, 0.3) is 22.0 Å². The molecule has 0 fully saturated rings. The summed E-state index contributed by atoms with van der Waals surface area (Å²) in [5, 5.41) is 20.0. The highest BCUT2D eigenvalue weighted by molar-refractivity contribution is 5.96. The molecule has 26 heavy (non-hydrogen) atoms. The van der Waals surface area contributed by atoms with Crippen molar-refractivity contribution in [1.82, 2.24) is 15.2 Å². The number of aromatic nitrogens is 3. The molecular formula is C20H23N5O. The zero-order valence-corrected chi connectivity index (χ0v) is 15.2. The van der Waals surface area contributed by atoms with Crippen LogP contribution in [0.3, 0.4) is 0 Å². The number of H-pyrrole nitrogens is 1. The van der Waals surface area contributed by atoms with Gasteiger partial charge in [0.25, 0.3) is 0 Å². The number of benzene rings is 1. The maximum atomic E-state index is 8.97. The Morgan fingerprint density at radius 3 is 2.77 bits per heavy atom. The average molecular weight is 349 g/mol. The second kappa shape index (κ2) is 7.06. The van der Waals surface area contributed by atoms with Gasteiger partial charge in [0.15, 0.2) is 5.82 Å². The van der Waals surface area contributed by atoms with Crippen molar-refractivity contribution in [3.05, 3.63) is 36.0 Å². The first kappa shape index (κ1) is 17.8. The fraction of sp³-hybridized carbons (Fsp3) is 0.300. The molecule has 3 rings (SSSR count). The van der Waals surface area contributed by atoms with Crippen LogP contribution in [0.2, 0.25) is 0 Å². The van der Waals surface area contributed by atoms with Crippen molar-refractivity contribution >= 4 is 22.5 Å². The summed E-state index contributed by atoms with van der Waals surface area (Å²) in [6, 6.07) is 7.90. The highest BCUT2D eigenvalue weighted by Gasteiger charge is 2.11. The van der Waals surface area contributed by atoms with Gasteiger partial charge in [0, 0.05) is 23.5 Å². The number of aliphatic hydroxyl groups is 1. The number of pyridine rings is 1. The average Bonchev–Trinajstić information content (AvgIpc) is 2.99. The van der Waals surface area contributed by atoms with Gasteiger partial charge in [-0.1, -0.05) is 11.8 Å². The third kappa shape index (κ3) is 3.95. The standard InChI is InChI=1S/C20H23N5O/c1-20(2,3)6-4-14-10-15(11-16-18(14)24-25-19(16)21)13-5-7-22-17(12-13)23-8-9-26/h5,7,10-12,26H,8-9H2,1-3H3,(H,22,23)(H3,21,24,25). The van der Waals surface area contributed by atoms with Crippen LogP contribution >= 0.6 is 0 Å². The molecule has 3 aromatic rings. The van der Waals surface area contributed by atoms with Gasteiger partial charge >= 0.3 is 0 Å². The summed E-state index contributed by atoms with van der Waals surface area (Å²) in [5.41, 5.74) is 9.60. The van der Waals surface area contributed by atoms with Gasteiger partial charge in [-0.05, 0) is 56.2 Å². The van der Waals surface area contributed by atoms with Crippen molar-refractivity contribution in [3.63, 3.8) is 0 Å². The van der Waals surface area contributed by atoms with E-state index in [1.165, 1.54) is 0 Å². The van der Waals surface area contributed by atoms with E-state index >= 15 is 0 Å². The molecule has 2 heterocycles. The molecule has 6 heteroatoms. The van der Waals surface area contributed by atoms with Gasteiger partial charge in [-0.3, -0.25) is 5.10 Å². The van der Waals surface area contributed by atoms with E-state index in [-0.39, 0.29) is 12.0 Å². The summed E-state index contributed by atoms with van der Waals surface area (Å²) in [5.74, 6) is 7.69. The number of nitrogens with zero attached hydrogens (tertiary/aromatic N) is 2. The Hall–Kier alpha value is -3.04. The van der Waals surface area contributed by atoms with Crippen molar-refractivity contribution < 1.29 is 5.11 Å². The van der Waals surface area contributed by atoms with Gasteiger partial charge < -0.3 is 16.2 Å². The van der Waals surface area contributed by atoms with Crippen LogP contribution < -0.4 is 11.1 Å². The minimum absolute atomic E-state index is 0.0515. The molecule has 0 aliphatic carbocycles. The summed E-state index contributed by atoms with van der Waals surface area (Å²) >= 11 is 0. The predicted molar refractivity (Wildman–Crippen MR) is 106 cm³/mol. The molecule has 0 saturated carbocycles. The minimum Gasteiger partial charge on any atom is -0.395 e. The van der Waals surface area contributed by atoms with Crippen molar-refractivity contribution in [2.75, 3.05) is 24.2 Å². The predicted octanol–water partition coefficient (Wildman–Crippen LogP) is 3.01. The van der Waals surface area contributed by atoms with Crippen LogP contribution in [0.4, 0.5) is 11.6 Å². The molecule has 6 nitrogen and oxygen atoms in total. The van der Waals surface area contributed by atoms with Crippen LogP contribution in [0.1, 0.15) is 26.3 Å². The first-order chi connectivity index (χ1) is 12.4. The number of hydrogen-bond acceptors (Lipinski definition) is 5. The second-order valence-corrected chi connectivity index (χ2v) is 7.14. The number of nitrogens with one attached hydrogen (secondary N) is 2. The van der Waals surface area contributed by atoms with Gasteiger partial charge in [-0.2, -0.15) is 5.10 Å². The van der Waals surface area contributed by atoms with Crippen LogP contribution in [-0.2, 0) is 0 Å². The lowest BCUT2D eigenvalue weighted by molar-refractivity contribution is 0.311.